The van der Waals surface area contributed by atoms with E-state index in [9.17, 15) is 18.0 Å². The van der Waals surface area contributed by atoms with Crippen LogP contribution in [0.4, 0.5) is 5.69 Å². The summed E-state index contributed by atoms with van der Waals surface area (Å²) in [6.45, 7) is 2.28. The van der Waals surface area contributed by atoms with E-state index in [-0.39, 0.29) is 27.9 Å². The summed E-state index contributed by atoms with van der Waals surface area (Å²) < 4.78 is 27.2. The standard InChI is InChI=1S/C16H19N3O4S2/c1-2-9-17-14(20)11-18-16(21)12-6-3-4-7-13(12)19-25(22,23)15-8-5-10-24-15/h3-8,10,19H,2,9,11H2,1H3,(H,17,20)(H,18,21). The van der Waals surface area contributed by atoms with Gasteiger partial charge in [-0.25, -0.2) is 8.42 Å². The first kappa shape index (κ1) is 18.9. The van der Waals surface area contributed by atoms with Gasteiger partial charge in [0, 0.05) is 6.54 Å². The van der Waals surface area contributed by atoms with Crippen molar-refractivity contribution >= 4 is 38.9 Å². The highest BCUT2D eigenvalue weighted by molar-refractivity contribution is 7.94. The first-order valence-electron chi connectivity index (χ1n) is 7.64. The van der Waals surface area contributed by atoms with E-state index in [2.05, 4.69) is 15.4 Å². The highest BCUT2D eigenvalue weighted by Gasteiger charge is 2.19. The third-order valence-corrected chi connectivity index (χ3v) is 5.92. The number of carbonyl (C=O) groups excluding carboxylic acids is 2. The van der Waals surface area contributed by atoms with Crippen molar-refractivity contribution in [1.29, 1.82) is 0 Å². The van der Waals surface area contributed by atoms with Crippen molar-refractivity contribution in [2.45, 2.75) is 17.6 Å². The van der Waals surface area contributed by atoms with E-state index in [1.807, 2.05) is 6.92 Å². The summed E-state index contributed by atoms with van der Waals surface area (Å²) in [6, 6.07) is 9.34. The van der Waals surface area contributed by atoms with Gasteiger partial charge in [0.2, 0.25) is 5.91 Å². The van der Waals surface area contributed by atoms with Gasteiger partial charge >= 0.3 is 0 Å². The minimum absolute atomic E-state index is 0.144. The summed E-state index contributed by atoms with van der Waals surface area (Å²) in [7, 11) is -3.76. The van der Waals surface area contributed by atoms with Crippen LogP contribution in [0.25, 0.3) is 0 Å². The number of benzene rings is 1. The average Bonchev–Trinajstić information content (AvgIpc) is 3.13. The normalized spacial score (nSPS) is 10.9. The first-order chi connectivity index (χ1) is 11.9. The lowest BCUT2D eigenvalue weighted by Crippen LogP contribution is -2.37. The van der Waals surface area contributed by atoms with Crippen LogP contribution in [0, 0.1) is 0 Å². The zero-order chi connectivity index (χ0) is 18.3. The van der Waals surface area contributed by atoms with E-state index in [1.54, 1.807) is 23.6 Å². The Hall–Kier alpha value is -2.39. The van der Waals surface area contributed by atoms with Crippen molar-refractivity contribution in [3.05, 3.63) is 47.3 Å². The predicted octanol–water partition coefficient (Wildman–Crippen LogP) is 1.80. The lowest BCUT2D eigenvalue weighted by molar-refractivity contribution is -0.120. The van der Waals surface area contributed by atoms with Gasteiger partial charge in [-0.3, -0.25) is 14.3 Å². The smallest absolute Gasteiger partial charge is 0.271 e. The molecule has 3 N–H and O–H groups in total. The first-order valence-corrected chi connectivity index (χ1v) is 10.0. The molecule has 1 aromatic carbocycles. The molecule has 0 spiro atoms. The van der Waals surface area contributed by atoms with Crippen LogP contribution in [0.15, 0.2) is 46.0 Å². The third-order valence-electron chi connectivity index (χ3n) is 3.16. The summed E-state index contributed by atoms with van der Waals surface area (Å²) in [4.78, 5) is 23.9. The molecule has 1 aromatic heterocycles. The Morgan fingerprint density at radius 2 is 1.84 bits per heavy atom. The Labute approximate surface area is 150 Å². The number of hydrogen-bond acceptors (Lipinski definition) is 5. The summed E-state index contributed by atoms with van der Waals surface area (Å²) >= 11 is 1.08. The fraction of sp³-hybridized carbons (Fsp3) is 0.250. The number of anilines is 1. The lowest BCUT2D eigenvalue weighted by Gasteiger charge is -2.12. The molecular formula is C16H19N3O4S2. The second-order valence-corrected chi connectivity index (χ2v) is 7.97. The van der Waals surface area contributed by atoms with Crippen molar-refractivity contribution in [2.75, 3.05) is 17.8 Å². The molecule has 25 heavy (non-hydrogen) atoms. The largest absolute Gasteiger partial charge is 0.355 e. The van der Waals surface area contributed by atoms with Crippen molar-refractivity contribution in [1.82, 2.24) is 10.6 Å². The van der Waals surface area contributed by atoms with Gasteiger partial charge in [0.05, 0.1) is 17.8 Å². The molecule has 2 rings (SSSR count). The number of carbonyl (C=O) groups is 2. The Morgan fingerprint density at radius 3 is 2.52 bits per heavy atom. The van der Waals surface area contributed by atoms with Crippen LogP contribution in [0.3, 0.4) is 0 Å². The number of amides is 2. The lowest BCUT2D eigenvalue weighted by atomic mass is 10.1. The molecule has 134 valence electrons. The Bertz CT molecular complexity index is 833. The molecule has 2 amide bonds. The highest BCUT2D eigenvalue weighted by Crippen LogP contribution is 2.22. The fourth-order valence-electron chi connectivity index (χ4n) is 1.96. The van der Waals surface area contributed by atoms with Crippen LogP contribution >= 0.6 is 11.3 Å². The van der Waals surface area contributed by atoms with E-state index >= 15 is 0 Å². The van der Waals surface area contributed by atoms with E-state index in [0.717, 1.165) is 17.8 Å². The minimum Gasteiger partial charge on any atom is -0.355 e. The van der Waals surface area contributed by atoms with Crippen molar-refractivity contribution < 1.29 is 18.0 Å². The maximum Gasteiger partial charge on any atom is 0.271 e. The molecule has 0 saturated carbocycles. The number of nitrogens with one attached hydrogen (secondary N) is 3. The highest BCUT2D eigenvalue weighted by atomic mass is 32.2. The molecule has 0 saturated heterocycles. The van der Waals surface area contributed by atoms with Crippen molar-refractivity contribution in [2.24, 2.45) is 0 Å². The molecule has 0 radical (unpaired) electrons. The number of hydrogen-bond donors (Lipinski definition) is 3. The molecular weight excluding hydrogens is 362 g/mol. The summed E-state index contributed by atoms with van der Waals surface area (Å²) in [5.41, 5.74) is 0.299. The van der Waals surface area contributed by atoms with Gasteiger partial charge in [0.15, 0.2) is 0 Å². The molecule has 1 heterocycles. The van der Waals surface area contributed by atoms with Gasteiger partial charge in [0.25, 0.3) is 15.9 Å². The molecule has 0 aliphatic heterocycles. The van der Waals surface area contributed by atoms with Crippen molar-refractivity contribution in [3.8, 4) is 0 Å². The van der Waals surface area contributed by atoms with Crippen LogP contribution < -0.4 is 15.4 Å². The number of sulfonamides is 1. The number of rotatable bonds is 8. The molecule has 0 bridgehead atoms. The summed E-state index contributed by atoms with van der Waals surface area (Å²) in [6.07, 6.45) is 0.799. The predicted molar refractivity (Wildman–Crippen MR) is 97.2 cm³/mol. The maximum atomic E-state index is 12.3. The van der Waals surface area contributed by atoms with Gasteiger partial charge < -0.3 is 10.6 Å². The monoisotopic (exact) mass is 381 g/mol. The Balaban J connectivity index is 2.10. The van der Waals surface area contributed by atoms with Crippen LogP contribution in [0.2, 0.25) is 0 Å². The van der Waals surface area contributed by atoms with Gasteiger partial charge in [-0.15, -0.1) is 11.3 Å². The Morgan fingerprint density at radius 1 is 1.08 bits per heavy atom. The molecule has 0 aliphatic carbocycles. The number of thiophene rings is 1. The summed E-state index contributed by atoms with van der Waals surface area (Å²) in [5.74, 6) is -0.831. The average molecular weight is 381 g/mol. The Kier molecular flexibility index (Phi) is 6.54. The second-order valence-electron chi connectivity index (χ2n) is 5.12. The quantitative estimate of drug-likeness (QED) is 0.648. The summed E-state index contributed by atoms with van der Waals surface area (Å²) in [5, 5.41) is 6.79. The maximum absolute atomic E-state index is 12.3. The number of para-hydroxylation sites is 1. The van der Waals surface area contributed by atoms with Crippen molar-refractivity contribution in [3.63, 3.8) is 0 Å². The van der Waals surface area contributed by atoms with E-state index < -0.39 is 15.9 Å². The fourth-order valence-corrected chi connectivity index (χ4v) is 4.04. The van der Waals surface area contributed by atoms with Crippen LogP contribution in [0.1, 0.15) is 23.7 Å². The second kappa shape index (κ2) is 8.63. The zero-order valence-electron chi connectivity index (χ0n) is 13.6. The van der Waals surface area contributed by atoms with Gasteiger partial charge in [-0.1, -0.05) is 25.1 Å². The molecule has 2 aromatic rings. The van der Waals surface area contributed by atoms with E-state index in [4.69, 9.17) is 0 Å². The molecule has 0 fully saturated rings. The zero-order valence-corrected chi connectivity index (χ0v) is 15.2. The van der Waals surface area contributed by atoms with Crippen LogP contribution in [0.5, 0.6) is 0 Å². The molecule has 0 aliphatic rings. The molecule has 9 heteroatoms. The molecule has 7 nitrogen and oxygen atoms in total. The molecule has 0 unspecified atom stereocenters. The van der Waals surface area contributed by atoms with E-state index in [1.165, 1.54) is 18.2 Å². The van der Waals surface area contributed by atoms with Crippen LogP contribution in [-0.2, 0) is 14.8 Å². The molecule has 0 atom stereocenters. The van der Waals surface area contributed by atoms with Gasteiger partial charge in [-0.2, -0.15) is 0 Å². The van der Waals surface area contributed by atoms with Gasteiger partial charge in [-0.05, 0) is 30.0 Å². The minimum atomic E-state index is -3.76. The third kappa shape index (κ3) is 5.30. The topological polar surface area (TPSA) is 104 Å². The SMILES string of the molecule is CCCNC(=O)CNC(=O)c1ccccc1NS(=O)(=O)c1cccs1. The van der Waals surface area contributed by atoms with Gasteiger partial charge in [0.1, 0.15) is 4.21 Å². The van der Waals surface area contributed by atoms with E-state index in [0.29, 0.717) is 6.54 Å². The van der Waals surface area contributed by atoms with Crippen LogP contribution in [-0.4, -0.2) is 33.3 Å².